The molecule has 0 radical (unpaired) electrons. The van der Waals surface area contributed by atoms with Crippen molar-refractivity contribution >= 4 is 29.1 Å². The number of nitrogens with two attached hydrogens (primary N) is 1. The fourth-order valence-corrected chi connectivity index (χ4v) is 3.95. The first-order chi connectivity index (χ1) is 8.89. The Bertz CT molecular complexity index is 446. The van der Waals surface area contributed by atoms with Crippen LogP contribution in [0.2, 0.25) is 5.02 Å². The first-order valence-corrected chi connectivity index (χ1v) is 8.17. The van der Waals surface area contributed by atoms with Gasteiger partial charge in [0.05, 0.1) is 0 Å². The number of nitrogens with zero attached hydrogens (tertiary/aromatic N) is 1. The smallest absolute Gasteiger partial charge is 0.0459 e. The lowest BCUT2D eigenvalue weighted by molar-refractivity contribution is 0.643. The summed E-state index contributed by atoms with van der Waals surface area (Å²) in [5.41, 5.74) is 8.42. The zero-order valence-electron chi connectivity index (χ0n) is 11.9. The van der Waals surface area contributed by atoms with Gasteiger partial charge in [-0.3, -0.25) is 0 Å². The predicted molar refractivity (Wildman–Crippen MR) is 87.6 cm³/mol. The summed E-state index contributed by atoms with van der Waals surface area (Å²) in [6.45, 7) is 8.78. The topological polar surface area (TPSA) is 29.3 Å². The third-order valence-electron chi connectivity index (χ3n) is 3.39. The molecule has 2 N–H and O–H groups in total. The molecule has 0 saturated carbocycles. The number of hydrogen-bond donors (Lipinski definition) is 1. The molecule has 1 aromatic carbocycles. The molecular formula is C15H23ClN2S. The minimum atomic E-state index is 0.130. The Balaban J connectivity index is 2.30. The van der Waals surface area contributed by atoms with E-state index < -0.39 is 0 Å². The van der Waals surface area contributed by atoms with Crippen LogP contribution in [0.1, 0.15) is 26.3 Å². The maximum Gasteiger partial charge on any atom is 0.0459 e. The van der Waals surface area contributed by atoms with Gasteiger partial charge in [-0.15, -0.1) is 0 Å². The Morgan fingerprint density at radius 1 is 1.47 bits per heavy atom. The van der Waals surface area contributed by atoms with Crippen molar-refractivity contribution in [3.8, 4) is 0 Å². The van der Waals surface area contributed by atoms with Gasteiger partial charge in [0.2, 0.25) is 0 Å². The number of hydrogen-bond acceptors (Lipinski definition) is 3. The fourth-order valence-electron chi connectivity index (χ4n) is 2.59. The van der Waals surface area contributed by atoms with Gasteiger partial charge in [-0.25, -0.2) is 0 Å². The van der Waals surface area contributed by atoms with Gasteiger partial charge >= 0.3 is 0 Å². The van der Waals surface area contributed by atoms with Gasteiger partial charge in [-0.2, -0.15) is 11.8 Å². The Morgan fingerprint density at radius 2 is 2.21 bits per heavy atom. The Kier molecular flexibility index (Phi) is 4.70. The van der Waals surface area contributed by atoms with E-state index >= 15 is 0 Å². The molecule has 0 spiro atoms. The lowest BCUT2D eigenvalue weighted by Gasteiger charge is -2.40. The van der Waals surface area contributed by atoms with Crippen molar-refractivity contribution in [3.63, 3.8) is 0 Å². The van der Waals surface area contributed by atoms with E-state index in [4.69, 9.17) is 17.3 Å². The molecule has 106 valence electrons. The highest BCUT2D eigenvalue weighted by Crippen LogP contribution is 2.35. The van der Waals surface area contributed by atoms with Crippen LogP contribution in [0, 0.1) is 0 Å². The molecule has 2 rings (SSSR count). The van der Waals surface area contributed by atoms with Crippen molar-refractivity contribution in [2.45, 2.75) is 38.0 Å². The highest BCUT2D eigenvalue weighted by Gasteiger charge is 2.28. The number of rotatable bonds is 3. The SMILES string of the molecule is CC(N)Cc1c(Cl)cccc1N1CCSC(C)(C)C1. The van der Waals surface area contributed by atoms with Gasteiger partial charge in [-0.1, -0.05) is 17.7 Å². The van der Waals surface area contributed by atoms with Crippen molar-refractivity contribution in [2.75, 3.05) is 23.7 Å². The summed E-state index contributed by atoms with van der Waals surface area (Å²) in [7, 11) is 0. The largest absolute Gasteiger partial charge is 0.369 e. The third-order valence-corrected chi connectivity index (χ3v) is 5.04. The maximum absolute atomic E-state index is 6.38. The lowest BCUT2D eigenvalue weighted by Crippen LogP contribution is -2.43. The normalized spacial score (nSPS) is 20.4. The minimum absolute atomic E-state index is 0.130. The molecule has 2 nitrogen and oxygen atoms in total. The van der Waals surface area contributed by atoms with E-state index in [1.54, 1.807) is 0 Å². The van der Waals surface area contributed by atoms with E-state index in [0.29, 0.717) is 4.75 Å². The van der Waals surface area contributed by atoms with E-state index in [9.17, 15) is 0 Å². The summed E-state index contributed by atoms with van der Waals surface area (Å²) in [6.07, 6.45) is 0.832. The van der Waals surface area contributed by atoms with Crippen LogP contribution in [0.15, 0.2) is 18.2 Å². The van der Waals surface area contributed by atoms with Gasteiger partial charge in [0, 0.05) is 40.3 Å². The van der Waals surface area contributed by atoms with E-state index in [1.807, 2.05) is 30.8 Å². The van der Waals surface area contributed by atoms with Gasteiger partial charge in [0.1, 0.15) is 0 Å². The molecule has 1 aromatic rings. The van der Waals surface area contributed by atoms with Crippen molar-refractivity contribution in [3.05, 3.63) is 28.8 Å². The monoisotopic (exact) mass is 298 g/mol. The summed E-state index contributed by atoms with van der Waals surface area (Å²) in [6, 6.07) is 6.31. The molecule has 1 saturated heterocycles. The molecule has 1 atom stereocenters. The molecule has 1 aliphatic rings. The second kappa shape index (κ2) is 5.94. The van der Waals surface area contributed by atoms with Crippen LogP contribution in [-0.2, 0) is 6.42 Å². The molecule has 4 heteroatoms. The fraction of sp³-hybridized carbons (Fsp3) is 0.600. The molecule has 0 bridgehead atoms. The number of thioether (sulfide) groups is 1. The van der Waals surface area contributed by atoms with Gasteiger partial charge in [0.25, 0.3) is 0 Å². The van der Waals surface area contributed by atoms with Crippen LogP contribution < -0.4 is 10.6 Å². The molecule has 1 aliphatic heterocycles. The minimum Gasteiger partial charge on any atom is -0.369 e. The van der Waals surface area contributed by atoms with Crippen LogP contribution in [0.3, 0.4) is 0 Å². The number of benzene rings is 1. The highest BCUT2D eigenvalue weighted by molar-refractivity contribution is 8.00. The van der Waals surface area contributed by atoms with Gasteiger partial charge in [0.15, 0.2) is 0 Å². The van der Waals surface area contributed by atoms with Crippen LogP contribution in [0.4, 0.5) is 5.69 Å². The van der Waals surface area contributed by atoms with Crippen molar-refractivity contribution < 1.29 is 0 Å². The Hall–Kier alpha value is -0.380. The quantitative estimate of drug-likeness (QED) is 0.925. The molecule has 0 aromatic heterocycles. The first-order valence-electron chi connectivity index (χ1n) is 6.81. The van der Waals surface area contributed by atoms with E-state index in [2.05, 4.69) is 24.8 Å². The zero-order valence-corrected chi connectivity index (χ0v) is 13.5. The molecule has 0 amide bonds. The van der Waals surface area contributed by atoms with Crippen LogP contribution in [-0.4, -0.2) is 29.6 Å². The molecule has 1 heterocycles. The van der Waals surface area contributed by atoms with Crippen molar-refractivity contribution in [1.82, 2.24) is 0 Å². The molecule has 0 aliphatic carbocycles. The molecule has 1 unspecified atom stereocenters. The highest BCUT2D eigenvalue weighted by atomic mass is 35.5. The van der Waals surface area contributed by atoms with E-state index in [-0.39, 0.29) is 6.04 Å². The maximum atomic E-state index is 6.38. The standard InChI is InChI=1S/C15H23ClN2S/c1-11(17)9-12-13(16)5-4-6-14(12)18-7-8-19-15(2,3)10-18/h4-6,11H,7-10,17H2,1-3H3. The second-order valence-corrected chi connectivity index (χ2v) is 8.16. The van der Waals surface area contributed by atoms with Crippen LogP contribution in [0.5, 0.6) is 0 Å². The van der Waals surface area contributed by atoms with Crippen molar-refractivity contribution in [1.29, 1.82) is 0 Å². The van der Waals surface area contributed by atoms with Crippen molar-refractivity contribution in [2.24, 2.45) is 5.73 Å². The summed E-state index contributed by atoms with van der Waals surface area (Å²) < 4.78 is 0.298. The third kappa shape index (κ3) is 3.80. The Morgan fingerprint density at radius 3 is 2.84 bits per heavy atom. The lowest BCUT2D eigenvalue weighted by atomic mass is 10.0. The predicted octanol–water partition coefficient (Wildman–Crippen LogP) is 3.56. The zero-order chi connectivity index (χ0) is 14.0. The second-order valence-electron chi connectivity index (χ2n) is 5.95. The first kappa shape index (κ1) is 15.0. The van der Waals surface area contributed by atoms with Gasteiger partial charge in [-0.05, 0) is 44.9 Å². The summed E-state index contributed by atoms with van der Waals surface area (Å²) >= 11 is 8.42. The molecular weight excluding hydrogens is 276 g/mol. The van der Waals surface area contributed by atoms with Crippen LogP contribution in [0.25, 0.3) is 0 Å². The number of anilines is 1. The van der Waals surface area contributed by atoms with E-state index in [0.717, 1.165) is 30.3 Å². The van der Waals surface area contributed by atoms with E-state index in [1.165, 1.54) is 11.3 Å². The summed E-state index contributed by atoms with van der Waals surface area (Å²) in [5.74, 6) is 1.16. The average Bonchev–Trinajstić information content (AvgIpc) is 2.30. The molecule has 1 fully saturated rings. The summed E-state index contributed by atoms with van der Waals surface area (Å²) in [4.78, 5) is 2.46. The average molecular weight is 299 g/mol. The number of halogens is 1. The Labute approximate surface area is 125 Å². The summed E-state index contributed by atoms with van der Waals surface area (Å²) in [5, 5.41) is 0.839. The van der Waals surface area contributed by atoms with Crippen LogP contribution >= 0.6 is 23.4 Å². The van der Waals surface area contributed by atoms with Gasteiger partial charge < -0.3 is 10.6 Å². The molecule has 19 heavy (non-hydrogen) atoms.